The average molecular weight is 545 g/mol. The summed E-state index contributed by atoms with van der Waals surface area (Å²) in [6.45, 7) is 4.23. The first-order valence-electron chi connectivity index (χ1n) is 12.7. The molecule has 0 aromatic carbocycles. The number of guanidine groups is 1. The molecule has 15 nitrogen and oxygen atoms in total. The molecule has 3 amide bonds. The molecule has 38 heavy (non-hydrogen) atoms. The molecule has 0 saturated carbocycles. The molecule has 15 heteroatoms. The maximum Gasteiger partial charge on any atom is 0.326 e. The Balaban J connectivity index is 5.70. The van der Waals surface area contributed by atoms with Crippen molar-refractivity contribution in [3.05, 3.63) is 0 Å². The van der Waals surface area contributed by atoms with Gasteiger partial charge in [0.15, 0.2) is 5.96 Å². The number of carbonyl (C=O) groups is 5. The minimum atomic E-state index is -1.48. The fraction of sp³-hybridized carbons (Fsp3) is 0.739. The van der Waals surface area contributed by atoms with E-state index >= 15 is 0 Å². The summed E-state index contributed by atoms with van der Waals surface area (Å²) < 4.78 is 0. The lowest BCUT2D eigenvalue weighted by atomic mass is 9.98. The zero-order chi connectivity index (χ0) is 29.3. The molecule has 0 fully saturated rings. The van der Waals surface area contributed by atoms with Gasteiger partial charge in [0.05, 0.1) is 6.04 Å². The first-order valence-corrected chi connectivity index (χ1v) is 12.7. The van der Waals surface area contributed by atoms with E-state index < -0.39 is 60.2 Å². The minimum Gasteiger partial charge on any atom is -0.481 e. The van der Waals surface area contributed by atoms with Crippen LogP contribution in [-0.4, -0.2) is 83.1 Å². The second-order valence-corrected chi connectivity index (χ2v) is 9.10. The topological polar surface area (TPSA) is 278 Å². The summed E-state index contributed by atoms with van der Waals surface area (Å²) in [7, 11) is 0. The van der Waals surface area contributed by atoms with E-state index in [0.29, 0.717) is 25.8 Å². The number of amides is 3. The lowest BCUT2D eigenvalue weighted by Gasteiger charge is -2.26. The number of unbranched alkanes of at least 4 members (excludes halogenated alkanes) is 1. The average Bonchev–Trinajstić information content (AvgIpc) is 2.85. The number of rotatable bonds is 20. The number of carboxylic acid groups (broad SMARTS) is 2. The molecule has 13 N–H and O–H groups in total. The van der Waals surface area contributed by atoms with Crippen LogP contribution in [0.4, 0.5) is 0 Å². The zero-order valence-corrected chi connectivity index (χ0v) is 22.2. The van der Waals surface area contributed by atoms with Crippen molar-refractivity contribution in [1.82, 2.24) is 16.0 Å². The highest BCUT2D eigenvalue weighted by Crippen LogP contribution is 2.09. The number of nitrogens with zero attached hydrogens (tertiary/aromatic N) is 1. The molecule has 0 aliphatic heterocycles. The molecule has 0 saturated heterocycles. The smallest absolute Gasteiger partial charge is 0.326 e. The van der Waals surface area contributed by atoms with Crippen LogP contribution < -0.4 is 38.9 Å². The van der Waals surface area contributed by atoms with Gasteiger partial charge in [-0.3, -0.25) is 24.2 Å². The van der Waals surface area contributed by atoms with Gasteiger partial charge in [0, 0.05) is 13.0 Å². The summed E-state index contributed by atoms with van der Waals surface area (Å²) in [5, 5.41) is 25.7. The minimum absolute atomic E-state index is 0.0372. The highest BCUT2D eigenvalue weighted by molar-refractivity contribution is 5.94. The van der Waals surface area contributed by atoms with E-state index in [0.717, 1.165) is 0 Å². The number of hydrogen-bond donors (Lipinski definition) is 9. The van der Waals surface area contributed by atoms with Gasteiger partial charge in [-0.2, -0.15) is 0 Å². The van der Waals surface area contributed by atoms with Crippen molar-refractivity contribution >= 4 is 35.6 Å². The summed E-state index contributed by atoms with van der Waals surface area (Å²) in [5.74, 6) is -4.93. The third-order valence-electron chi connectivity index (χ3n) is 5.98. The number of carbonyl (C=O) groups excluding carboxylic acids is 3. The largest absolute Gasteiger partial charge is 0.481 e. The van der Waals surface area contributed by atoms with Crippen molar-refractivity contribution in [2.75, 3.05) is 13.1 Å². The normalized spacial score (nSPS) is 14.7. The SMILES string of the molecule is CCC(C)C(N)C(=O)NC(CCCCN)C(=O)NC(CCCN=C(N)N)C(=O)NC(CCC(=O)O)C(=O)O. The van der Waals surface area contributed by atoms with Crippen molar-refractivity contribution in [1.29, 1.82) is 0 Å². The van der Waals surface area contributed by atoms with E-state index in [-0.39, 0.29) is 44.1 Å². The monoisotopic (exact) mass is 544 g/mol. The van der Waals surface area contributed by atoms with Gasteiger partial charge in [-0.15, -0.1) is 0 Å². The Morgan fingerprint density at radius 1 is 0.816 bits per heavy atom. The van der Waals surface area contributed by atoms with Crippen LogP contribution in [0.15, 0.2) is 4.99 Å². The van der Waals surface area contributed by atoms with Crippen molar-refractivity contribution < 1.29 is 34.2 Å². The Bertz CT molecular complexity index is 820. The number of aliphatic imine (C=N–C) groups is 1. The van der Waals surface area contributed by atoms with Crippen LogP contribution >= 0.6 is 0 Å². The van der Waals surface area contributed by atoms with Gasteiger partial charge in [0.2, 0.25) is 17.7 Å². The molecule has 0 aliphatic rings. The molecule has 0 aromatic heterocycles. The van der Waals surface area contributed by atoms with Crippen LogP contribution in [0.25, 0.3) is 0 Å². The fourth-order valence-electron chi connectivity index (χ4n) is 3.38. The quantitative estimate of drug-likeness (QED) is 0.0456. The van der Waals surface area contributed by atoms with Gasteiger partial charge in [-0.1, -0.05) is 20.3 Å². The molecule has 5 atom stereocenters. The molecule has 218 valence electrons. The summed E-state index contributed by atoms with van der Waals surface area (Å²) in [6.07, 6.45) is 1.47. The van der Waals surface area contributed by atoms with Crippen molar-refractivity contribution in [2.45, 2.75) is 89.4 Å². The van der Waals surface area contributed by atoms with E-state index in [1.807, 2.05) is 13.8 Å². The Kier molecular flexibility index (Phi) is 17.0. The summed E-state index contributed by atoms with van der Waals surface area (Å²) in [4.78, 5) is 65.0. The van der Waals surface area contributed by atoms with E-state index in [1.54, 1.807) is 0 Å². The van der Waals surface area contributed by atoms with E-state index in [4.69, 9.17) is 28.0 Å². The van der Waals surface area contributed by atoms with Gasteiger partial charge < -0.3 is 49.1 Å². The lowest BCUT2D eigenvalue weighted by molar-refractivity contribution is -0.143. The molecular formula is C23H44N8O7. The molecule has 0 heterocycles. The van der Waals surface area contributed by atoms with Gasteiger partial charge >= 0.3 is 11.9 Å². The standard InChI is InChI=1S/C23H44N8O7/c1-3-13(2)18(25)21(36)30-14(7-4-5-11-24)19(34)29-15(8-6-12-28-23(26)27)20(35)31-16(22(37)38)9-10-17(32)33/h13-16,18H,3-12,24-25H2,1-2H3,(H,29,34)(H,30,36)(H,31,35)(H,32,33)(H,37,38)(H4,26,27,28). The summed E-state index contributed by atoms with van der Waals surface area (Å²) >= 11 is 0. The Morgan fingerprint density at radius 3 is 1.82 bits per heavy atom. The van der Waals surface area contributed by atoms with Crippen LogP contribution in [-0.2, 0) is 24.0 Å². The molecule has 0 radical (unpaired) electrons. The Morgan fingerprint density at radius 2 is 1.34 bits per heavy atom. The van der Waals surface area contributed by atoms with Crippen LogP contribution in [0.2, 0.25) is 0 Å². The number of nitrogens with two attached hydrogens (primary N) is 4. The molecule has 0 aliphatic carbocycles. The molecule has 0 rings (SSSR count). The summed E-state index contributed by atoms with van der Waals surface area (Å²) in [5.41, 5.74) is 22.2. The molecular weight excluding hydrogens is 500 g/mol. The summed E-state index contributed by atoms with van der Waals surface area (Å²) in [6, 6.07) is -4.54. The maximum absolute atomic E-state index is 13.2. The van der Waals surface area contributed by atoms with Crippen LogP contribution in [0.3, 0.4) is 0 Å². The lowest BCUT2D eigenvalue weighted by Crippen LogP contribution is -2.57. The van der Waals surface area contributed by atoms with Crippen LogP contribution in [0.1, 0.15) is 65.2 Å². The number of nitrogens with one attached hydrogen (secondary N) is 3. The molecule has 5 unspecified atom stereocenters. The second-order valence-electron chi connectivity index (χ2n) is 9.10. The van der Waals surface area contributed by atoms with E-state index in [2.05, 4.69) is 20.9 Å². The maximum atomic E-state index is 13.2. The van der Waals surface area contributed by atoms with Gasteiger partial charge in [0.1, 0.15) is 18.1 Å². The van der Waals surface area contributed by atoms with Crippen molar-refractivity contribution in [3.8, 4) is 0 Å². The van der Waals surface area contributed by atoms with Gasteiger partial charge in [-0.05, 0) is 51.0 Å². The first kappa shape index (κ1) is 34.5. The Hall–Kier alpha value is -3.46. The van der Waals surface area contributed by atoms with Crippen LogP contribution in [0, 0.1) is 5.92 Å². The van der Waals surface area contributed by atoms with Gasteiger partial charge in [-0.25, -0.2) is 4.79 Å². The number of carboxylic acids is 2. The van der Waals surface area contributed by atoms with Crippen molar-refractivity contribution in [2.24, 2.45) is 33.8 Å². The second kappa shape index (κ2) is 18.7. The zero-order valence-electron chi connectivity index (χ0n) is 22.2. The van der Waals surface area contributed by atoms with E-state index in [1.165, 1.54) is 0 Å². The molecule has 0 spiro atoms. The predicted octanol–water partition coefficient (Wildman–Crippen LogP) is -2.05. The highest BCUT2D eigenvalue weighted by Gasteiger charge is 2.31. The van der Waals surface area contributed by atoms with Crippen LogP contribution in [0.5, 0.6) is 0 Å². The first-order chi connectivity index (χ1) is 17.8. The molecule has 0 aromatic rings. The molecule has 0 bridgehead atoms. The van der Waals surface area contributed by atoms with E-state index in [9.17, 15) is 29.1 Å². The third-order valence-corrected chi connectivity index (χ3v) is 5.98. The number of hydrogen-bond acceptors (Lipinski definition) is 8. The van der Waals surface area contributed by atoms with Gasteiger partial charge in [0.25, 0.3) is 0 Å². The highest BCUT2D eigenvalue weighted by atomic mass is 16.4. The Labute approximate surface area is 222 Å². The third kappa shape index (κ3) is 14.3. The van der Waals surface area contributed by atoms with Crippen molar-refractivity contribution in [3.63, 3.8) is 0 Å². The number of aliphatic carboxylic acids is 2. The predicted molar refractivity (Wildman–Crippen MR) is 141 cm³/mol. The fourth-order valence-corrected chi connectivity index (χ4v) is 3.38.